The number of rotatable bonds is 5. The third kappa shape index (κ3) is 4.26. The predicted molar refractivity (Wildman–Crippen MR) is 94.2 cm³/mol. The Morgan fingerprint density at radius 1 is 1.10 bits per heavy atom. The Morgan fingerprint density at radius 3 is 2.33 bits per heavy atom. The summed E-state index contributed by atoms with van der Waals surface area (Å²) in [5.74, 6) is 0. The average Bonchev–Trinajstić information content (AvgIpc) is 2.47. The monoisotopic (exact) mass is 319 g/mol. The first-order valence-corrected chi connectivity index (χ1v) is 8.52. The van der Waals surface area contributed by atoms with Gasteiger partial charge in [0.2, 0.25) is 0 Å². The highest BCUT2D eigenvalue weighted by Gasteiger charge is 2.20. The van der Waals surface area contributed by atoms with Gasteiger partial charge >= 0.3 is 0 Å². The summed E-state index contributed by atoms with van der Waals surface area (Å²) in [5.41, 5.74) is 10.2. The molecule has 2 atom stereocenters. The fraction of sp³-hybridized carbons (Fsp3) is 0.333. The number of thioether (sulfide) groups is 1. The summed E-state index contributed by atoms with van der Waals surface area (Å²) < 4.78 is 0. The van der Waals surface area contributed by atoms with Crippen molar-refractivity contribution in [2.45, 2.75) is 43.4 Å². The van der Waals surface area contributed by atoms with Gasteiger partial charge in [-0.25, -0.2) is 0 Å². The van der Waals surface area contributed by atoms with Crippen molar-refractivity contribution in [3.8, 4) is 0 Å². The van der Waals surface area contributed by atoms with Gasteiger partial charge in [-0.15, -0.1) is 11.8 Å². The Balaban J connectivity index is 2.30. The van der Waals surface area contributed by atoms with Crippen molar-refractivity contribution in [3.63, 3.8) is 0 Å². The van der Waals surface area contributed by atoms with E-state index in [1.54, 1.807) is 0 Å². The maximum absolute atomic E-state index is 6.36. The lowest BCUT2D eigenvalue weighted by atomic mass is 10.0. The number of hydrogen-bond donors (Lipinski definition) is 1. The third-order valence-electron chi connectivity index (χ3n) is 3.64. The minimum Gasteiger partial charge on any atom is -0.326 e. The molecule has 0 aliphatic rings. The van der Waals surface area contributed by atoms with Gasteiger partial charge in [0.25, 0.3) is 0 Å². The molecule has 0 aliphatic heterocycles. The van der Waals surface area contributed by atoms with Crippen molar-refractivity contribution in [3.05, 3.63) is 64.2 Å². The Hall–Kier alpha value is -0.960. The van der Waals surface area contributed by atoms with Crippen LogP contribution in [0.2, 0.25) is 5.02 Å². The summed E-state index contributed by atoms with van der Waals surface area (Å²) in [6, 6.07) is 14.7. The lowest BCUT2D eigenvalue weighted by Crippen LogP contribution is -2.25. The summed E-state index contributed by atoms with van der Waals surface area (Å²) in [7, 11) is 0. The topological polar surface area (TPSA) is 26.0 Å². The van der Waals surface area contributed by atoms with Crippen LogP contribution in [0.4, 0.5) is 0 Å². The van der Waals surface area contributed by atoms with E-state index in [9.17, 15) is 0 Å². The molecular weight excluding hydrogens is 298 g/mol. The zero-order valence-corrected chi connectivity index (χ0v) is 14.3. The second-order valence-corrected chi connectivity index (χ2v) is 7.05. The first-order valence-electron chi connectivity index (χ1n) is 7.26. The number of aryl methyl sites for hydroxylation is 2. The molecule has 0 saturated carbocycles. The van der Waals surface area contributed by atoms with Crippen LogP contribution in [0.15, 0.2) is 47.4 Å². The molecule has 0 aliphatic carbocycles. The Bertz CT molecular complexity index is 595. The smallest absolute Gasteiger partial charge is 0.0495 e. The van der Waals surface area contributed by atoms with E-state index in [2.05, 4.69) is 51.1 Å². The lowest BCUT2D eigenvalue weighted by molar-refractivity contribution is 0.634. The number of hydrogen-bond acceptors (Lipinski definition) is 2. The van der Waals surface area contributed by atoms with Gasteiger partial charge in [0.05, 0.1) is 0 Å². The highest BCUT2D eigenvalue weighted by Crippen LogP contribution is 2.39. The number of halogens is 1. The molecule has 1 nitrogen and oxygen atoms in total. The van der Waals surface area contributed by atoms with Gasteiger partial charge in [0.1, 0.15) is 0 Å². The van der Waals surface area contributed by atoms with Crippen LogP contribution in [0.3, 0.4) is 0 Å². The van der Waals surface area contributed by atoms with Crippen molar-refractivity contribution in [1.29, 1.82) is 0 Å². The van der Waals surface area contributed by atoms with Crippen molar-refractivity contribution < 1.29 is 0 Å². The SMILES string of the molecule is CCC(N)C(Sc1ccc(C)cc1C)c1ccc(Cl)cc1. The molecule has 2 aromatic carbocycles. The predicted octanol–water partition coefficient (Wildman–Crippen LogP) is 5.53. The number of nitrogens with two attached hydrogens (primary N) is 1. The molecule has 0 spiro atoms. The van der Waals surface area contributed by atoms with E-state index in [-0.39, 0.29) is 11.3 Å². The Labute approximate surface area is 136 Å². The summed E-state index contributed by atoms with van der Waals surface area (Å²) in [5, 5.41) is 1.01. The molecule has 0 heterocycles. The van der Waals surface area contributed by atoms with Crippen LogP contribution >= 0.6 is 23.4 Å². The molecule has 0 saturated heterocycles. The molecule has 2 N–H and O–H groups in total. The second-order valence-electron chi connectivity index (χ2n) is 5.43. The lowest BCUT2D eigenvalue weighted by Gasteiger charge is -2.24. The molecule has 0 bridgehead atoms. The maximum Gasteiger partial charge on any atom is 0.0495 e. The van der Waals surface area contributed by atoms with E-state index in [1.807, 2.05) is 23.9 Å². The van der Waals surface area contributed by atoms with E-state index in [1.165, 1.54) is 21.6 Å². The van der Waals surface area contributed by atoms with Gasteiger partial charge in [-0.3, -0.25) is 0 Å². The minimum atomic E-state index is 0.122. The molecule has 0 aromatic heterocycles. The zero-order valence-electron chi connectivity index (χ0n) is 12.8. The molecule has 0 radical (unpaired) electrons. The van der Waals surface area contributed by atoms with Crippen LogP contribution in [0.25, 0.3) is 0 Å². The van der Waals surface area contributed by atoms with E-state index in [0.29, 0.717) is 0 Å². The molecular formula is C18H22ClNS. The summed E-state index contributed by atoms with van der Waals surface area (Å²) in [6.45, 7) is 6.41. The van der Waals surface area contributed by atoms with Gasteiger partial charge in [0.15, 0.2) is 0 Å². The van der Waals surface area contributed by atoms with Gasteiger partial charge in [0, 0.05) is 21.2 Å². The van der Waals surface area contributed by atoms with Crippen LogP contribution in [0, 0.1) is 13.8 Å². The molecule has 3 heteroatoms. The van der Waals surface area contributed by atoms with E-state index < -0.39 is 0 Å². The largest absolute Gasteiger partial charge is 0.326 e. The molecule has 112 valence electrons. The Morgan fingerprint density at radius 2 is 1.76 bits per heavy atom. The standard InChI is InChI=1S/C18H22ClNS/c1-4-16(20)18(14-6-8-15(19)9-7-14)21-17-10-5-12(2)11-13(17)3/h5-11,16,18H,4,20H2,1-3H3. The highest BCUT2D eigenvalue weighted by atomic mass is 35.5. The van der Waals surface area contributed by atoms with Crippen LogP contribution in [-0.4, -0.2) is 6.04 Å². The zero-order chi connectivity index (χ0) is 15.4. The van der Waals surface area contributed by atoms with Crippen molar-refractivity contribution in [2.24, 2.45) is 5.73 Å². The van der Waals surface area contributed by atoms with E-state index in [0.717, 1.165) is 11.4 Å². The van der Waals surface area contributed by atoms with Gasteiger partial charge in [-0.05, 0) is 49.6 Å². The minimum absolute atomic E-state index is 0.122. The first-order chi connectivity index (χ1) is 10.0. The van der Waals surface area contributed by atoms with Crippen LogP contribution in [0.1, 0.15) is 35.3 Å². The molecule has 2 rings (SSSR count). The maximum atomic E-state index is 6.36. The first kappa shape index (κ1) is 16.4. The third-order valence-corrected chi connectivity index (χ3v) is 5.48. The fourth-order valence-electron chi connectivity index (χ4n) is 2.34. The van der Waals surface area contributed by atoms with Crippen LogP contribution in [-0.2, 0) is 0 Å². The summed E-state index contributed by atoms with van der Waals surface area (Å²) >= 11 is 7.84. The highest BCUT2D eigenvalue weighted by molar-refractivity contribution is 7.99. The average molecular weight is 320 g/mol. The summed E-state index contributed by atoms with van der Waals surface area (Å²) in [6.07, 6.45) is 0.950. The quantitative estimate of drug-likeness (QED) is 0.733. The van der Waals surface area contributed by atoms with Gasteiger partial charge in [-0.1, -0.05) is 48.4 Å². The van der Waals surface area contributed by atoms with Gasteiger partial charge < -0.3 is 5.73 Å². The Kier molecular flexibility index (Phi) is 5.74. The second kappa shape index (κ2) is 7.35. The van der Waals surface area contributed by atoms with E-state index >= 15 is 0 Å². The van der Waals surface area contributed by atoms with Crippen LogP contribution in [0.5, 0.6) is 0 Å². The van der Waals surface area contributed by atoms with Crippen LogP contribution < -0.4 is 5.73 Å². The van der Waals surface area contributed by atoms with Crippen molar-refractivity contribution in [1.82, 2.24) is 0 Å². The van der Waals surface area contributed by atoms with Crippen molar-refractivity contribution in [2.75, 3.05) is 0 Å². The van der Waals surface area contributed by atoms with Gasteiger partial charge in [-0.2, -0.15) is 0 Å². The molecule has 21 heavy (non-hydrogen) atoms. The molecule has 2 unspecified atom stereocenters. The number of benzene rings is 2. The normalized spacial score (nSPS) is 14.0. The summed E-state index contributed by atoms with van der Waals surface area (Å²) in [4.78, 5) is 1.30. The molecule has 0 fully saturated rings. The molecule has 2 aromatic rings. The van der Waals surface area contributed by atoms with Crippen molar-refractivity contribution >= 4 is 23.4 Å². The molecule has 0 amide bonds. The fourth-order valence-corrected chi connectivity index (χ4v) is 3.79. The van der Waals surface area contributed by atoms with E-state index in [4.69, 9.17) is 17.3 Å².